The third-order valence-electron chi connectivity index (χ3n) is 3.96. The monoisotopic (exact) mass is 290 g/mol. The third-order valence-corrected chi connectivity index (χ3v) is 4.20. The maximum Gasteiger partial charge on any atom is 0.226 e. The molecule has 1 atom stereocenters. The highest BCUT2D eigenvalue weighted by Gasteiger charge is 2.18. The van der Waals surface area contributed by atoms with Crippen LogP contribution in [-0.4, -0.2) is 28.9 Å². The Morgan fingerprint density at radius 1 is 1.30 bits per heavy atom. The minimum absolute atomic E-state index is 0.224. The Kier molecular flexibility index (Phi) is 5.12. The van der Waals surface area contributed by atoms with Crippen LogP contribution in [0.25, 0.3) is 0 Å². The number of rotatable bonds is 3. The van der Waals surface area contributed by atoms with E-state index in [9.17, 15) is 4.79 Å². The van der Waals surface area contributed by atoms with Gasteiger partial charge in [0.25, 0.3) is 0 Å². The first-order chi connectivity index (χ1) is 9.56. The molecular weight excluding hydrogens is 268 g/mol. The normalized spacial score (nSPS) is 19.4. The average molecular weight is 290 g/mol. The van der Waals surface area contributed by atoms with Crippen molar-refractivity contribution in [2.75, 3.05) is 13.1 Å². The van der Waals surface area contributed by atoms with Gasteiger partial charge < -0.3 is 10.6 Å². The van der Waals surface area contributed by atoms with Gasteiger partial charge in [0.15, 0.2) is 0 Å². The Labute approximate surface area is 126 Å². The van der Waals surface area contributed by atoms with Crippen molar-refractivity contribution >= 4 is 23.1 Å². The molecule has 0 saturated carbocycles. The van der Waals surface area contributed by atoms with Gasteiger partial charge in [0, 0.05) is 18.7 Å². The molecule has 20 heavy (non-hydrogen) atoms. The lowest BCUT2D eigenvalue weighted by atomic mass is 10.0. The second-order valence-corrected chi connectivity index (χ2v) is 6.09. The second kappa shape index (κ2) is 6.84. The van der Waals surface area contributed by atoms with Crippen LogP contribution in [0.4, 0.5) is 0 Å². The quantitative estimate of drug-likeness (QED) is 0.870. The van der Waals surface area contributed by atoms with Crippen LogP contribution in [0, 0.1) is 5.92 Å². The molecule has 2 N–H and O–H groups in total. The van der Waals surface area contributed by atoms with E-state index < -0.39 is 0 Å². The van der Waals surface area contributed by atoms with Crippen LogP contribution in [0.1, 0.15) is 37.3 Å². The molecule has 1 fully saturated rings. The van der Waals surface area contributed by atoms with Gasteiger partial charge in [-0.3, -0.25) is 4.79 Å². The van der Waals surface area contributed by atoms with Gasteiger partial charge in [0.05, 0.1) is 6.42 Å². The predicted octanol–water partition coefficient (Wildman–Crippen LogP) is 2.51. The summed E-state index contributed by atoms with van der Waals surface area (Å²) in [6, 6.07) is 7.64. The van der Waals surface area contributed by atoms with Gasteiger partial charge in [-0.25, -0.2) is 0 Å². The summed E-state index contributed by atoms with van der Waals surface area (Å²) in [5, 5.41) is 0. The molecule has 1 amide bonds. The molecule has 0 aromatic heterocycles. The Balaban J connectivity index is 1.95. The minimum Gasteiger partial charge on any atom is -0.389 e. The summed E-state index contributed by atoms with van der Waals surface area (Å²) in [6.45, 7) is 4.06. The van der Waals surface area contributed by atoms with E-state index in [1.165, 1.54) is 6.42 Å². The lowest BCUT2D eigenvalue weighted by molar-refractivity contribution is -0.130. The molecular formula is C16H22N2OS. The number of benzene rings is 1. The highest BCUT2D eigenvalue weighted by atomic mass is 32.1. The van der Waals surface area contributed by atoms with E-state index in [2.05, 4.69) is 6.92 Å². The first kappa shape index (κ1) is 15.0. The van der Waals surface area contributed by atoms with Crippen LogP contribution in [0.5, 0.6) is 0 Å². The number of carbonyl (C=O) groups excluding carboxylic acids is 1. The number of likely N-dealkylation sites (tertiary alicyclic amines) is 1. The van der Waals surface area contributed by atoms with E-state index in [4.69, 9.17) is 18.0 Å². The van der Waals surface area contributed by atoms with Crippen molar-refractivity contribution in [3.8, 4) is 0 Å². The fourth-order valence-corrected chi connectivity index (χ4v) is 2.72. The van der Waals surface area contributed by atoms with Gasteiger partial charge >= 0.3 is 0 Å². The summed E-state index contributed by atoms with van der Waals surface area (Å²) in [7, 11) is 0. The van der Waals surface area contributed by atoms with E-state index in [1.807, 2.05) is 29.2 Å². The molecule has 0 radical (unpaired) electrons. The zero-order valence-electron chi connectivity index (χ0n) is 12.0. The maximum atomic E-state index is 12.3. The van der Waals surface area contributed by atoms with Crippen molar-refractivity contribution in [1.82, 2.24) is 4.90 Å². The lowest BCUT2D eigenvalue weighted by Crippen LogP contribution is -2.33. The average Bonchev–Trinajstić information content (AvgIpc) is 2.64. The summed E-state index contributed by atoms with van der Waals surface area (Å²) in [4.78, 5) is 14.7. The molecule has 108 valence electrons. The first-order valence-electron chi connectivity index (χ1n) is 7.23. The summed E-state index contributed by atoms with van der Waals surface area (Å²) >= 11 is 4.92. The number of hydrogen-bond donors (Lipinski definition) is 1. The summed E-state index contributed by atoms with van der Waals surface area (Å²) in [6.07, 6.45) is 3.93. The van der Waals surface area contributed by atoms with Crippen LogP contribution < -0.4 is 5.73 Å². The Morgan fingerprint density at radius 2 is 2.00 bits per heavy atom. The molecule has 1 heterocycles. The zero-order valence-corrected chi connectivity index (χ0v) is 12.8. The topological polar surface area (TPSA) is 46.3 Å². The highest BCUT2D eigenvalue weighted by molar-refractivity contribution is 7.80. The molecule has 0 aliphatic carbocycles. The van der Waals surface area contributed by atoms with Crippen LogP contribution >= 0.6 is 12.2 Å². The van der Waals surface area contributed by atoms with Crippen LogP contribution in [0.3, 0.4) is 0 Å². The second-order valence-electron chi connectivity index (χ2n) is 5.65. The molecule has 1 aliphatic rings. The summed E-state index contributed by atoms with van der Waals surface area (Å²) in [5.74, 6) is 0.958. The molecule has 3 nitrogen and oxygen atoms in total. The van der Waals surface area contributed by atoms with Gasteiger partial charge in [-0.05, 0) is 30.7 Å². The summed E-state index contributed by atoms with van der Waals surface area (Å²) < 4.78 is 0. The van der Waals surface area contributed by atoms with E-state index >= 15 is 0 Å². The van der Waals surface area contributed by atoms with Crippen molar-refractivity contribution < 1.29 is 4.79 Å². The largest absolute Gasteiger partial charge is 0.389 e. The molecule has 0 bridgehead atoms. The molecule has 0 spiro atoms. The van der Waals surface area contributed by atoms with E-state index in [0.717, 1.165) is 43.0 Å². The number of thiocarbonyl (C=S) groups is 1. The standard InChI is InChI=1S/C16H22N2OS/c1-12-3-2-9-18(10-8-12)15(19)11-13-4-6-14(7-5-13)16(17)20/h4-7,12H,2-3,8-11H2,1H3,(H2,17,20). The van der Waals surface area contributed by atoms with E-state index in [0.29, 0.717) is 11.4 Å². The number of hydrogen-bond acceptors (Lipinski definition) is 2. The lowest BCUT2D eigenvalue weighted by Gasteiger charge is -2.20. The maximum absolute atomic E-state index is 12.3. The van der Waals surface area contributed by atoms with E-state index in [-0.39, 0.29) is 5.91 Å². The van der Waals surface area contributed by atoms with Crippen LogP contribution in [0.2, 0.25) is 0 Å². The van der Waals surface area contributed by atoms with Gasteiger partial charge in [0.2, 0.25) is 5.91 Å². The molecule has 1 aromatic carbocycles. The van der Waals surface area contributed by atoms with Gasteiger partial charge in [-0.15, -0.1) is 0 Å². The van der Waals surface area contributed by atoms with Gasteiger partial charge in [0.1, 0.15) is 4.99 Å². The van der Waals surface area contributed by atoms with E-state index in [1.54, 1.807) is 0 Å². The van der Waals surface area contributed by atoms with Crippen LogP contribution in [-0.2, 0) is 11.2 Å². The highest BCUT2D eigenvalue weighted by Crippen LogP contribution is 2.17. The van der Waals surface area contributed by atoms with Crippen LogP contribution in [0.15, 0.2) is 24.3 Å². The fourth-order valence-electron chi connectivity index (χ4n) is 2.59. The molecule has 4 heteroatoms. The van der Waals surface area contributed by atoms with Crippen molar-refractivity contribution in [3.05, 3.63) is 35.4 Å². The van der Waals surface area contributed by atoms with Crippen molar-refractivity contribution in [3.63, 3.8) is 0 Å². The summed E-state index contributed by atoms with van der Waals surface area (Å²) in [5.41, 5.74) is 7.44. The number of nitrogens with two attached hydrogens (primary N) is 1. The molecule has 1 aromatic rings. The zero-order chi connectivity index (χ0) is 14.5. The molecule has 2 rings (SSSR count). The first-order valence-corrected chi connectivity index (χ1v) is 7.63. The third kappa shape index (κ3) is 4.04. The Hall–Kier alpha value is -1.42. The minimum atomic E-state index is 0.224. The number of amides is 1. The van der Waals surface area contributed by atoms with Gasteiger partial charge in [-0.2, -0.15) is 0 Å². The molecule has 1 unspecified atom stereocenters. The van der Waals surface area contributed by atoms with Gasteiger partial charge in [-0.1, -0.05) is 43.4 Å². The Bertz CT molecular complexity index is 484. The van der Waals surface area contributed by atoms with Crippen molar-refractivity contribution in [1.29, 1.82) is 0 Å². The van der Waals surface area contributed by atoms with Crippen molar-refractivity contribution in [2.45, 2.75) is 32.6 Å². The predicted molar refractivity (Wildman–Crippen MR) is 85.6 cm³/mol. The van der Waals surface area contributed by atoms with Crippen molar-refractivity contribution in [2.24, 2.45) is 11.7 Å². The molecule has 1 saturated heterocycles. The SMILES string of the molecule is CC1CCCN(C(=O)Cc2ccc(C(N)=S)cc2)CC1. The fraction of sp³-hybridized carbons (Fsp3) is 0.500. The number of nitrogens with zero attached hydrogens (tertiary/aromatic N) is 1. The smallest absolute Gasteiger partial charge is 0.226 e. The Morgan fingerprint density at radius 3 is 2.65 bits per heavy atom. The molecule has 1 aliphatic heterocycles. The number of carbonyl (C=O) groups is 1.